The van der Waals surface area contributed by atoms with Gasteiger partial charge in [0.2, 0.25) is 0 Å². The summed E-state index contributed by atoms with van der Waals surface area (Å²) in [5.41, 5.74) is 1.12. The molecule has 2 rings (SSSR count). The van der Waals surface area contributed by atoms with Gasteiger partial charge in [0, 0.05) is 26.4 Å². The predicted octanol–water partition coefficient (Wildman–Crippen LogP) is 1.39. The van der Waals surface area contributed by atoms with E-state index in [1.807, 2.05) is 6.92 Å². The Kier molecular flexibility index (Phi) is 2.75. The van der Waals surface area contributed by atoms with Crippen molar-refractivity contribution in [1.29, 1.82) is 0 Å². The van der Waals surface area contributed by atoms with Crippen LogP contribution >= 0.6 is 12.4 Å². The minimum Gasteiger partial charge on any atom is -0.446 e. The molecule has 0 atom stereocenters. The van der Waals surface area contributed by atoms with Crippen molar-refractivity contribution in [2.24, 2.45) is 0 Å². The number of hydrogen-bond donors (Lipinski definition) is 0. The molecule has 12 heavy (non-hydrogen) atoms. The molecule has 1 aromatic heterocycles. The molecule has 0 aromatic carbocycles. The fraction of sp³-hybridized carbons (Fsp3) is 0.625. The Labute approximate surface area is 78.2 Å². The standard InChI is InChI=1S/C8H12N2O.ClH/c1-6-9-7-5-10(2)4-3-8(7)11-6;/h3-5H2,1-2H3;1H. The van der Waals surface area contributed by atoms with Crippen molar-refractivity contribution < 1.29 is 4.42 Å². The molecule has 0 saturated carbocycles. The van der Waals surface area contributed by atoms with Crippen LogP contribution in [-0.4, -0.2) is 23.5 Å². The van der Waals surface area contributed by atoms with Crippen LogP contribution in [0.15, 0.2) is 4.42 Å². The SMILES string of the molecule is Cc1nc2c(o1)CCN(C)C2.Cl. The number of aromatic nitrogens is 1. The molecule has 0 bridgehead atoms. The summed E-state index contributed by atoms with van der Waals surface area (Å²) in [5, 5.41) is 0. The first kappa shape index (κ1) is 9.55. The van der Waals surface area contributed by atoms with Crippen LogP contribution in [0, 0.1) is 6.92 Å². The van der Waals surface area contributed by atoms with Crippen molar-refractivity contribution in [3.63, 3.8) is 0 Å². The monoisotopic (exact) mass is 188 g/mol. The summed E-state index contributed by atoms with van der Waals surface area (Å²) in [4.78, 5) is 6.55. The van der Waals surface area contributed by atoms with Crippen molar-refractivity contribution >= 4 is 12.4 Å². The number of nitrogens with zero attached hydrogens (tertiary/aromatic N) is 2. The number of halogens is 1. The van der Waals surface area contributed by atoms with Crippen molar-refractivity contribution in [3.8, 4) is 0 Å². The van der Waals surface area contributed by atoms with Gasteiger partial charge in [-0.05, 0) is 7.05 Å². The van der Waals surface area contributed by atoms with Crippen LogP contribution in [0.1, 0.15) is 17.3 Å². The Morgan fingerprint density at radius 2 is 2.25 bits per heavy atom. The minimum absolute atomic E-state index is 0. The van der Waals surface area contributed by atoms with E-state index in [4.69, 9.17) is 4.42 Å². The van der Waals surface area contributed by atoms with Crippen LogP contribution < -0.4 is 0 Å². The molecule has 1 aromatic rings. The third-order valence-corrected chi connectivity index (χ3v) is 2.03. The zero-order valence-corrected chi connectivity index (χ0v) is 8.15. The summed E-state index contributed by atoms with van der Waals surface area (Å²) in [6.07, 6.45) is 1.01. The van der Waals surface area contributed by atoms with Crippen LogP contribution in [0.25, 0.3) is 0 Å². The lowest BCUT2D eigenvalue weighted by Gasteiger charge is -2.19. The Hall–Kier alpha value is -0.540. The lowest BCUT2D eigenvalue weighted by atomic mass is 10.2. The predicted molar refractivity (Wildman–Crippen MR) is 48.5 cm³/mol. The summed E-state index contributed by atoms with van der Waals surface area (Å²) < 4.78 is 5.42. The smallest absolute Gasteiger partial charge is 0.191 e. The Balaban J connectivity index is 0.000000720. The van der Waals surface area contributed by atoms with Gasteiger partial charge in [0.15, 0.2) is 5.89 Å². The maximum Gasteiger partial charge on any atom is 0.191 e. The van der Waals surface area contributed by atoms with Gasteiger partial charge in [-0.3, -0.25) is 4.90 Å². The van der Waals surface area contributed by atoms with E-state index in [1.54, 1.807) is 0 Å². The highest BCUT2D eigenvalue weighted by Gasteiger charge is 2.17. The van der Waals surface area contributed by atoms with Gasteiger partial charge in [-0.2, -0.15) is 0 Å². The highest BCUT2D eigenvalue weighted by Crippen LogP contribution is 2.17. The van der Waals surface area contributed by atoms with Gasteiger partial charge in [-0.25, -0.2) is 4.98 Å². The summed E-state index contributed by atoms with van der Waals surface area (Å²) >= 11 is 0. The molecule has 0 aliphatic carbocycles. The Morgan fingerprint density at radius 3 is 3.00 bits per heavy atom. The molecule has 0 amide bonds. The fourth-order valence-corrected chi connectivity index (χ4v) is 1.46. The van der Waals surface area contributed by atoms with Gasteiger partial charge >= 0.3 is 0 Å². The van der Waals surface area contributed by atoms with E-state index in [2.05, 4.69) is 16.9 Å². The zero-order valence-electron chi connectivity index (χ0n) is 7.33. The van der Waals surface area contributed by atoms with Crippen LogP contribution in [0.3, 0.4) is 0 Å². The highest BCUT2D eigenvalue weighted by molar-refractivity contribution is 5.85. The fourth-order valence-electron chi connectivity index (χ4n) is 1.46. The van der Waals surface area contributed by atoms with Gasteiger partial charge in [0.1, 0.15) is 5.76 Å². The van der Waals surface area contributed by atoms with E-state index < -0.39 is 0 Å². The summed E-state index contributed by atoms with van der Waals surface area (Å²) in [5.74, 6) is 1.88. The lowest BCUT2D eigenvalue weighted by Crippen LogP contribution is -2.25. The molecule has 0 saturated heterocycles. The summed E-state index contributed by atoms with van der Waals surface area (Å²) in [7, 11) is 2.10. The molecular weight excluding hydrogens is 176 g/mol. The molecule has 2 heterocycles. The average Bonchev–Trinajstić information content (AvgIpc) is 2.27. The first-order valence-corrected chi connectivity index (χ1v) is 3.89. The van der Waals surface area contributed by atoms with E-state index in [-0.39, 0.29) is 12.4 Å². The molecule has 0 spiro atoms. The molecule has 3 nitrogen and oxygen atoms in total. The molecule has 0 N–H and O–H groups in total. The van der Waals surface area contributed by atoms with Gasteiger partial charge in [0.25, 0.3) is 0 Å². The number of aryl methyl sites for hydroxylation is 1. The third-order valence-electron chi connectivity index (χ3n) is 2.03. The number of likely N-dealkylation sites (N-methyl/N-ethyl adjacent to an activating group) is 1. The Morgan fingerprint density at radius 1 is 1.50 bits per heavy atom. The zero-order chi connectivity index (χ0) is 7.84. The number of rotatable bonds is 0. The molecule has 68 valence electrons. The first-order valence-electron chi connectivity index (χ1n) is 3.89. The second-order valence-electron chi connectivity index (χ2n) is 3.09. The van der Waals surface area contributed by atoms with Crippen LogP contribution in [0.2, 0.25) is 0 Å². The highest BCUT2D eigenvalue weighted by atomic mass is 35.5. The maximum absolute atomic E-state index is 5.42. The normalized spacial score (nSPS) is 16.8. The van der Waals surface area contributed by atoms with Crippen molar-refractivity contribution in [1.82, 2.24) is 9.88 Å². The molecule has 0 radical (unpaired) electrons. The van der Waals surface area contributed by atoms with Crippen LogP contribution in [0.4, 0.5) is 0 Å². The topological polar surface area (TPSA) is 29.3 Å². The Bertz CT molecular complexity index is 272. The largest absolute Gasteiger partial charge is 0.446 e. The maximum atomic E-state index is 5.42. The van der Waals surface area contributed by atoms with Crippen molar-refractivity contribution in [2.75, 3.05) is 13.6 Å². The minimum atomic E-state index is 0. The third kappa shape index (κ3) is 1.62. The van der Waals surface area contributed by atoms with E-state index in [9.17, 15) is 0 Å². The van der Waals surface area contributed by atoms with E-state index in [0.717, 1.165) is 36.9 Å². The van der Waals surface area contributed by atoms with E-state index in [1.165, 1.54) is 0 Å². The van der Waals surface area contributed by atoms with Crippen molar-refractivity contribution in [3.05, 3.63) is 17.3 Å². The van der Waals surface area contributed by atoms with Crippen LogP contribution in [0.5, 0.6) is 0 Å². The molecule has 0 fully saturated rings. The van der Waals surface area contributed by atoms with E-state index in [0.29, 0.717) is 0 Å². The molecule has 0 unspecified atom stereocenters. The summed E-state index contributed by atoms with van der Waals surface area (Å²) in [6, 6.07) is 0. The number of fused-ring (bicyclic) bond motifs is 1. The molecule has 1 aliphatic rings. The van der Waals surface area contributed by atoms with Gasteiger partial charge < -0.3 is 4.42 Å². The summed E-state index contributed by atoms with van der Waals surface area (Å²) in [6.45, 7) is 3.92. The van der Waals surface area contributed by atoms with Gasteiger partial charge in [-0.1, -0.05) is 0 Å². The number of oxazole rings is 1. The lowest BCUT2D eigenvalue weighted by molar-refractivity contribution is 0.291. The van der Waals surface area contributed by atoms with Gasteiger partial charge in [0.05, 0.1) is 5.69 Å². The number of hydrogen-bond acceptors (Lipinski definition) is 3. The quantitative estimate of drug-likeness (QED) is 0.616. The second kappa shape index (κ2) is 3.46. The molecule has 4 heteroatoms. The average molecular weight is 189 g/mol. The molecule has 1 aliphatic heterocycles. The first-order chi connectivity index (χ1) is 5.25. The van der Waals surface area contributed by atoms with E-state index >= 15 is 0 Å². The molecular formula is C8H13ClN2O. The van der Waals surface area contributed by atoms with Gasteiger partial charge in [-0.15, -0.1) is 12.4 Å². The van der Waals surface area contributed by atoms with Crippen molar-refractivity contribution in [2.45, 2.75) is 19.9 Å². The van der Waals surface area contributed by atoms with Crippen LogP contribution in [-0.2, 0) is 13.0 Å². The second-order valence-corrected chi connectivity index (χ2v) is 3.09.